The van der Waals surface area contributed by atoms with E-state index >= 15 is 0 Å². The van der Waals surface area contributed by atoms with E-state index in [0.717, 1.165) is 10.6 Å². The molecule has 0 atom stereocenters. The molecule has 2 rings (SSSR count). The zero-order valence-electron chi connectivity index (χ0n) is 11.5. The Kier molecular flexibility index (Phi) is 4.42. The molecular weight excluding hydrogens is 296 g/mol. The highest BCUT2D eigenvalue weighted by atomic mass is 32.2. The topological polar surface area (TPSA) is 68.3 Å². The molecule has 0 saturated carbocycles. The number of hydrogen-bond acceptors (Lipinski definition) is 5. The van der Waals surface area contributed by atoms with Gasteiger partial charge in [-0.25, -0.2) is 18.1 Å². The average molecular weight is 312 g/mol. The third kappa shape index (κ3) is 3.36. The summed E-state index contributed by atoms with van der Waals surface area (Å²) in [5, 5.41) is 2.75. The number of benzene rings is 1. The monoisotopic (exact) mass is 312 g/mol. The minimum absolute atomic E-state index is 0.145. The minimum Gasteiger partial charge on any atom is -0.495 e. The van der Waals surface area contributed by atoms with Crippen LogP contribution < -0.4 is 9.46 Å². The summed E-state index contributed by atoms with van der Waals surface area (Å²) in [6.07, 6.45) is 0. The smallest absolute Gasteiger partial charge is 0.244 e. The second-order valence-corrected chi connectivity index (χ2v) is 7.13. The molecule has 7 heteroatoms. The van der Waals surface area contributed by atoms with Crippen molar-refractivity contribution < 1.29 is 13.2 Å². The SMILES string of the molecule is COc1ccc(C)cc1S(=O)(=O)NCc1csc(C)n1. The van der Waals surface area contributed by atoms with Crippen molar-refractivity contribution in [2.75, 3.05) is 7.11 Å². The number of sulfonamides is 1. The number of thiazole rings is 1. The number of ether oxygens (including phenoxy) is 1. The van der Waals surface area contributed by atoms with Gasteiger partial charge in [-0.05, 0) is 31.5 Å². The molecule has 0 fully saturated rings. The fourth-order valence-corrected chi connectivity index (χ4v) is 3.59. The molecular formula is C13H16N2O3S2. The van der Waals surface area contributed by atoms with Crippen LogP contribution >= 0.6 is 11.3 Å². The molecule has 1 aromatic carbocycles. The molecule has 108 valence electrons. The lowest BCUT2D eigenvalue weighted by Crippen LogP contribution is -2.24. The maximum Gasteiger partial charge on any atom is 0.244 e. The number of nitrogens with one attached hydrogen (secondary N) is 1. The summed E-state index contributed by atoms with van der Waals surface area (Å²) in [5.41, 5.74) is 1.57. The Morgan fingerprint density at radius 2 is 2.10 bits per heavy atom. The highest BCUT2D eigenvalue weighted by molar-refractivity contribution is 7.89. The summed E-state index contributed by atoms with van der Waals surface area (Å²) in [4.78, 5) is 4.37. The molecule has 0 saturated heterocycles. The maximum atomic E-state index is 12.3. The molecule has 0 aliphatic carbocycles. The third-order valence-electron chi connectivity index (χ3n) is 2.72. The second-order valence-electron chi connectivity index (χ2n) is 4.34. The molecule has 0 radical (unpaired) electrons. The first kappa shape index (κ1) is 15.0. The van der Waals surface area contributed by atoms with Crippen LogP contribution in [0.1, 0.15) is 16.3 Å². The fourth-order valence-electron chi connectivity index (χ4n) is 1.73. The van der Waals surface area contributed by atoms with Crippen LogP contribution in [0.15, 0.2) is 28.5 Å². The molecule has 0 spiro atoms. The van der Waals surface area contributed by atoms with Gasteiger partial charge in [0.2, 0.25) is 10.0 Å². The standard InChI is InChI=1S/C13H16N2O3S2/c1-9-4-5-12(18-3)13(6-9)20(16,17)14-7-11-8-19-10(2)15-11/h4-6,8,14H,7H2,1-3H3. The van der Waals surface area contributed by atoms with E-state index in [9.17, 15) is 8.42 Å². The van der Waals surface area contributed by atoms with Gasteiger partial charge in [-0.15, -0.1) is 11.3 Å². The Morgan fingerprint density at radius 1 is 1.35 bits per heavy atom. The van der Waals surface area contributed by atoms with Gasteiger partial charge < -0.3 is 4.74 Å². The van der Waals surface area contributed by atoms with E-state index < -0.39 is 10.0 Å². The van der Waals surface area contributed by atoms with Crippen LogP contribution in [0, 0.1) is 13.8 Å². The van der Waals surface area contributed by atoms with Gasteiger partial charge in [0.05, 0.1) is 24.4 Å². The molecule has 0 unspecified atom stereocenters. The van der Waals surface area contributed by atoms with Gasteiger partial charge in [0, 0.05) is 5.38 Å². The quantitative estimate of drug-likeness (QED) is 0.919. The Morgan fingerprint density at radius 3 is 2.70 bits per heavy atom. The lowest BCUT2D eigenvalue weighted by atomic mass is 10.2. The van der Waals surface area contributed by atoms with Gasteiger partial charge in [0.15, 0.2) is 0 Å². The molecule has 0 aliphatic rings. The second kappa shape index (κ2) is 5.90. The molecule has 0 amide bonds. The normalized spacial score (nSPS) is 11.6. The molecule has 5 nitrogen and oxygen atoms in total. The first-order valence-corrected chi connectivity index (χ1v) is 8.34. The molecule has 0 aliphatic heterocycles. The predicted molar refractivity (Wildman–Crippen MR) is 78.6 cm³/mol. The van der Waals surface area contributed by atoms with Gasteiger partial charge in [-0.3, -0.25) is 0 Å². The van der Waals surface area contributed by atoms with Crippen LogP contribution in [0.4, 0.5) is 0 Å². The van der Waals surface area contributed by atoms with Gasteiger partial charge in [0.1, 0.15) is 10.6 Å². The fraction of sp³-hybridized carbons (Fsp3) is 0.308. The number of hydrogen-bond donors (Lipinski definition) is 1. The predicted octanol–water partition coefficient (Wildman–Crippen LogP) is 2.25. The highest BCUT2D eigenvalue weighted by Crippen LogP contribution is 2.24. The van der Waals surface area contributed by atoms with Crippen molar-refractivity contribution in [3.05, 3.63) is 39.8 Å². The van der Waals surface area contributed by atoms with Crippen LogP contribution in [0.3, 0.4) is 0 Å². The summed E-state index contributed by atoms with van der Waals surface area (Å²) in [5.74, 6) is 0.331. The Balaban J connectivity index is 2.24. The van der Waals surface area contributed by atoms with Crippen molar-refractivity contribution in [2.24, 2.45) is 0 Å². The average Bonchev–Trinajstić information content (AvgIpc) is 2.82. The largest absolute Gasteiger partial charge is 0.495 e. The van der Waals surface area contributed by atoms with Crippen LogP contribution in [0.25, 0.3) is 0 Å². The maximum absolute atomic E-state index is 12.3. The number of aryl methyl sites for hydroxylation is 2. The van der Waals surface area contributed by atoms with Gasteiger partial charge >= 0.3 is 0 Å². The van der Waals surface area contributed by atoms with E-state index in [0.29, 0.717) is 11.4 Å². The van der Waals surface area contributed by atoms with Crippen LogP contribution in [-0.4, -0.2) is 20.5 Å². The first-order chi connectivity index (χ1) is 9.42. The minimum atomic E-state index is -3.62. The Bertz CT molecular complexity index is 708. The van der Waals surface area contributed by atoms with Crippen molar-refractivity contribution in [2.45, 2.75) is 25.3 Å². The number of nitrogens with zero attached hydrogens (tertiary/aromatic N) is 1. The van der Waals surface area contributed by atoms with Gasteiger partial charge in [-0.1, -0.05) is 6.07 Å². The van der Waals surface area contributed by atoms with Gasteiger partial charge in [0.25, 0.3) is 0 Å². The van der Waals surface area contributed by atoms with Gasteiger partial charge in [-0.2, -0.15) is 0 Å². The lowest BCUT2D eigenvalue weighted by Gasteiger charge is -2.10. The third-order valence-corrected chi connectivity index (χ3v) is 4.96. The molecule has 0 bridgehead atoms. The highest BCUT2D eigenvalue weighted by Gasteiger charge is 2.19. The van der Waals surface area contributed by atoms with E-state index in [1.807, 2.05) is 25.3 Å². The molecule has 20 heavy (non-hydrogen) atoms. The number of rotatable bonds is 5. The van der Waals surface area contributed by atoms with Crippen molar-refractivity contribution >= 4 is 21.4 Å². The van der Waals surface area contributed by atoms with E-state index in [1.54, 1.807) is 12.1 Å². The number of methoxy groups -OCH3 is 1. The zero-order chi connectivity index (χ0) is 14.8. The summed E-state index contributed by atoms with van der Waals surface area (Å²) < 4.78 is 32.3. The lowest BCUT2D eigenvalue weighted by molar-refractivity contribution is 0.402. The molecule has 1 heterocycles. The van der Waals surface area contributed by atoms with Crippen molar-refractivity contribution in [3.8, 4) is 5.75 Å². The van der Waals surface area contributed by atoms with E-state index in [2.05, 4.69) is 9.71 Å². The Labute approximate surface area is 122 Å². The summed E-state index contributed by atoms with van der Waals surface area (Å²) in [7, 11) is -2.17. The Hall–Kier alpha value is -1.44. The van der Waals surface area contributed by atoms with Crippen molar-refractivity contribution in [1.29, 1.82) is 0 Å². The van der Waals surface area contributed by atoms with Crippen LogP contribution in [-0.2, 0) is 16.6 Å². The first-order valence-electron chi connectivity index (χ1n) is 5.97. The summed E-state index contributed by atoms with van der Waals surface area (Å²) in [6.45, 7) is 3.89. The van der Waals surface area contributed by atoms with Crippen molar-refractivity contribution in [3.63, 3.8) is 0 Å². The van der Waals surface area contributed by atoms with E-state index in [-0.39, 0.29) is 11.4 Å². The molecule has 2 aromatic rings. The van der Waals surface area contributed by atoms with Crippen LogP contribution in [0.2, 0.25) is 0 Å². The zero-order valence-corrected chi connectivity index (χ0v) is 13.1. The molecule has 1 aromatic heterocycles. The van der Waals surface area contributed by atoms with Crippen LogP contribution in [0.5, 0.6) is 5.75 Å². The molecule has 1 N–H and O–H groups in total. The van der Waals surface area contributed by atoms with Crippen molar-refractivity contribution in [1.82, 2.24) is 9.71 Å². The summed E-state index contributed by atoms with van der Waals surface area (Å²) >= 11 is 1.49. The van der Waals surface area contributed by atoms with E-state index in [4.69, 9.17) is 4.74 Å². The summed E-state index contributed by atoms with van der Waals surface area (Å²) in [6, 6.07) is 5.05. The van der Waals surface area contributed by atoms with E-state index in [1.165, 1.54) is 18.4 Å². The number of aromatic nitrogens is 1.